The smallest absolute Gasteiger partial charge is 0.339 e. The van der Waals surface area contributed by atoms with Gasteiger partial charge in [0.25, 0.3) is 5.56 Å². The zero-order valence-corrected chi connectivity index (χ0v) is 12.1. The number of rotatable bonds is 4. The number of hydrogen-bond acceptors (Lipinski definition) is 4. The summed E-state index contributed by atoms with van der Waals surface area (Å²) in [6.07, 6.45) is 0. The van der Waals surface area contributed by atoms with E-state index in [1.165, 1.54) is 23.8 Å². The van der Waals surface area contributed by atoms with Crippen LogP contribution in [-0.4, -0.2) is 27.7 Å². The van der Waals surface area contributed by atoms with E-state index in [-0.39, 0.29) is 16.9 Å². The van der Waals surface area contributed by atoms with Crippen LogP contribution in [-0.2, 0) is 6.54 Å². The summed E-state index contributed by atoms with van der Waals surface area (Å²) in [7, 11) is 1.41. The molecule has 1 aromatic carbocycles. The van der Waals surface area contributed by atoms with E-state index >= 15 is 0 Å². The average Bonchev–Trinajstić information content (AvgIpc) is 2.42. The molecule has 1 heterocycles. The van der Waals surface area contributed by atoms with Gasteiger partial charge >= 0.3 is 5.97 Å². The van der Waals surface area contributed by atoms with E-state index < -0.39 is 5.97 Å². The van der Waals surface area contributed by atoms with Gasteiger partial charge < -0.3 is 9.84 Å². The quantitative estimate of drug-likeness (QED) is 0.924. The highest BCUT2D eigenvalue weighted by Gasteiger charge is 2.12. The molecule has 2 aromatic rings. The van der Waals surface area contributed by atoms with Gasteiger partial charge in [-0.1, -0.05) is 6.07 Å². The van der Waals surface area contributed by atoms with Crippen LogP contribution >= 0.6 is 0 Å². The number of carboxylic acids is 1. The Morgan fingerprint density at radius 2 is 2.05 bits per heavy atom. The van der Waals surface area contributed by atoms with E-state index in [4.69, 9.17) is 9.84 Å². The summed E-state index contributed by atoms with van der Waals surface area (Å²) < 4.78 is 6.61. The standard InChI is InChI=1S/C15H16N2O4/c1-9-6-14(18)17(10(2)16-9)8-11-4-5-12(15(19)20)13(7-11)21-3/h4-7H,8H2,1-3H3,(H,19,20). The highest BCUT2D eigenvalue weighted by Crippen LogP contribution is 2.20. The zero-order valence-electron chi connectivity index (χ0n) is 12.1. The Labute approximate surface area is 121 Å². The third kappa shape index (κ3) is 3.10. The van der Waals surface area contributed by atoms with Gasteiger partial charge in [-0.05, 0) is 31.5 Å². The lowest BCUT2D eigenvalue weighted by Crippen LogP contribution is -2.24. The molecule has 0 atom stereocenters. The molecule has 6 nitrogen and oxygen atoms in total. The second-order valence-electron chi connectivity index (χ2n) is 4.71. The lowest BCUT2D eigenvalue weighted by atomic mass is 10.1. The molecular formula is C15H16N2O4. The van der Waals surface area contributed by atoms with Crippen LogP contribution < -0.4 is 10.3 Å². The second-order valence-corrected chi connectivity index (χ2v) is 4.71. The van der Waals surface area contributed by atoms with Crippen LogP contribution in [0.2, 0.25) is 0 Å². The van der Waals surface area contributed by atoms with Crippen LogP contribution in [0, 0.1) is 13.8 Å². The molecule has 0 spiro atoms. The number of benzene rings is 1. The van der Waals surface area contributed by atoms with Gasteiger partial charge in [-0.3, -0.25) is 9.36 Å². The molecule has 110 valence electrons. The van der Waals surface area contributed by atoms with Gasteiger partial charge in [0.15, 0.2) is 0 Å². The molecule has 0 bridgehead atoms. The van der Waals surface area contributed by atoms with Crippen molar-refractivity contribution in [3.8, 4) is 5.75 Å². The first kappa shape index (κ1) is 14.8. The van der Waals surface area contributed by atoms with E-state index in [1.54, 1.807) is 26.0 Å². The topological polar surface area (TPSA) is 81.4 Å². The lowest BCUT2D eigenvalue weighted by molar-refractivity contribution is 0.0693. The number of carbonyl (C=O) groups is 1. The number of aryl methyl sites for hydroxylation is 2. The first-order chi connectivity index (χ1) is 9.92. The van der Waals surface area contributed by atoms with Crippen molar-refractivity contribution in [2.75, 3.05) is 7.11 Å². The minimum atomic E-state index is -1.05. The predicted octanol–water partition coefficient (Wildman–Crippen LogP) is 1.62. The number of aromatic nitrogens is 2. The monoisotopic (exact) mass is 288 g/mol. The fraction of sp³-hybridized carbons (Fsp3) is 0.267. The molecule has 0 unspecified atom stereocenters. The molecule has 0 amide bonds. The Bertz CT molecular complexity index is 750. The Kier molecular flexibility index (Phi) is 4.07. The molecule has 6 heteroatoms. The number of aromatic carboxylic acids is 1. The fourth-order valence-electron chi connectivity index (χ4n) is 2.15. The number of methoxy groups -OCH3 is 1. The first-order valence-corrected chi connectivity index (χ1v) is 6.37. The molecule has 1 aromatic heterocycles. The molecule has 0 aliphatic carbocycles. The van der Waals surface area contributed by atoms with Crippen LogP contribution in [0.5, 0.6) is 5.75 Å². The summed E-state index contributed by atoms with van der Waals surface area (Å²) in [5, 5.41) is 9.05. The van der Waals surface area contributed by atoms with Gasteiger partial charge in [0.1, 0.15) is 17.1 Å². The molecule has 0 radical (unpaired) electrons. The van der Waals surface area contributed by atoms with Crippen molar-refractivity contribution >= 4 is 5.97 Å². The van der Waals surface area contributed by atoms with Crippen molar-refractivity contribution in [1.82, 2.24) is 9.55 Å². The van der Waals surface area contributed by atoms with Crippen molar-refractivity contribution in [2.45, 2.75) is 20.4 Å². The van der Waals surface area contributed by atoms with Crippen LogP contribution in [0.3, 0.4) is 0 Å². The van der Waals surface area contributed by atoms with Crippen molar-refractivity contribution in [1.29, 1.82) is 0 Å². The highest BCUT2D eigenvalue weighted by molar-refractivity contribution is 5.90. The first-order valence-electron chi connectivity index (χ1n) is 6.37. The van der Waals surface area contributed by atoms with Crippen LogP contribution in [0.4, 0.5) is 0 Å². The van der Waals surface area contributed by atoms with E-state index in [0.29, 0.717) is 18.1 Å². The summed E-state index contributed by atoms with van der Waals surface area (Å²) in [5.41, 5.74) is 1.40. The number of carboxylic acid groups (broad SMARTS) is 1. The average molecular weight is 288 g/mol. The van der Waals surface area contributed by atoms with E-state index in [0.717, 1.165) is 5.56 Å². The summed E-state index contributed by atoms with van der Waals surface area (Å²) >= 11 is 0. The molecule has 0 aliphatic rings. The normalized spacial score (nSPS) is 10.4. The van der Waals surface area contributed by atoms with E-state index in [1.807, 2.05) is 0 Å². The van der Waals surface area contributed by atoms with Crippen molar-refractivity contribution in [3.05, 3.63) is 57.3 Å². The van der Waals surface area contributed by atoms with Gasteiger partial charge in [0.05, 0.1) is 13.7 Å². The Balaban J connectivity index is 2.41. The molecule has 0 fully saturated rings. The van der Waals surface area contributed by atoms with Crippen molar-refractivity contribution in [2.24, 2.45) is 0 Å². The molecule has 0 aliphatic heterocycles. The summed E-state index contributed by atoms with van der Waals surface area (Å²) in [4.78, 5) is 27.3. The number of nitrogens with zero attached hydrogens (tertiary/aromatic N) is 2. The maximum absolute atomic E-state index is 12.0. The molecule has 21 heavy (non-hydrogen) atoms. The Hall–Kier alpha value is -2.63. The molecule has 2 rings (SSSR count). The summed E-state index contributed by atoms with van der Waals surface area (Å²) in [6, 6.07) is 6.22. The van der Waals surface area contributed by atoms with Gasteiger partial charge in [-0.2, -0.15) is 0 Å². The van der Waals surface area contributed by atoms with Crippen molar-refractivity contribution < 1.29 is 14.6 Å². The SMILES string of the molecule is COc1cc(Cn2c(C)nc(C)cc2=O)ccc1C(=O)O. The van der Waals surface area contributed by atoms with E-state index in [2.05, 4.69) is 4.98 Å². The third-order valence-electron chi connectivity index (χ3n) is 3.16. The predicted molar refractivity (Wildman–Crippen MR) is 77.0 cm³/mol. The van der Waals surface area contributed by atoms with Crippen LogP contribution in [0.15, 0.2) is 29.1 Å². The number of hydrogen-bond donors (Lipinski definition) is 1. The van der Waals surface area contributed by atoms with Gasteiger partial charge in [0.2, 0.25) is 0 Å². The largest absolute Gasteiger partial charge is 0.496 e. The molecule has 0 saturated heterocycles. The van der Waals surface area contributed by atoms with Crippen LogP contribution in [0.25, 0.3) is 0 Å². The Morgan fingerprint density at radius 1 is 1.33 bits per heavy atom. The van der Waals surface area contributed by atoms with Gasteiger partial charge in [-0.25, -0.2) is 9.78 Å². The fourth-order valence-corrected chi connectivity index (χ4v) is 2.15. The summed E-state index contributed by atoms with van der Waals surface area (Å²) in [6.45, 7) is 3.84. The maximum atomic E-state index is 12.0. The molecular weight excluding hydrogens is 272 g/mol. The minimum Gasteiger partial charge on any atom is -0.496 e. The molecule has 0 saturated carbocycles. The third-order valence-corrected chi connectivity index (χ3v) is 3.16. The highest BCUT2D eigenvalue weighted by atomic mass is 16.5. The number of ether oxygens (including phenoxy) is 1. The lowest BCUT2D eigenvalue weighted by Gasteiger charge is -2.11. The maximum Gasteiger partial charge on any atom is 0.339 e. The minimum absolute atomic E-state index is 0.0901. The second kappa shape index (κ2) is 5.78. The van der Waals surface area contributed by atoms with Gasteiger partial charge in [0, 0.05) is 11.8 Å². The summed E-state index contributed by atoms with van der Waals surface area (Å²) in [5.74, 6) is -0.171. The van der Waals surface area contributed by atoms with Crippen LogP contribution in [0.1, 0.15) is 27.4 Å². The Morgan fingerprint density at radius 3 is 2.62 bits per heavy atom. The van der Waals surface area contributed by atoms with E-state index in [9.17, 15) is 9.59 Å². The zero-order chi connectivity index (χ0) is 15.6. The molecule has 1 N–H and O–H groups in total. The van der Waals surface area contributed by atoms with Crippen molar-refractivity contribution in [3.63, 3.8) is 0 Å². The van der Waals surface area contributed by atoms with Gasteiger partial charge in [-0.15, -0.1) is 0 Å².